The zero-order valence-electron chi connectivity index (χ0n) is 12.8. The van der Waals surface area contributed by atoms with Crippen LogP contribution in [0.5, 0.6) is 0 Å². The van der Waals surface area contributed by atoms with Gasteiger partial charge in [0, 0.05) is 47.7 Å². The lowest BCUT2D eigenvalue weighted by atomic mass is 9.97. The third-order valence-corrected chi connectivity index (χ3v) is 3.82. The van der Waals surface area contributed by atoms with Crippen LogP contribution in [0.25, 0.3) is 21.9 Å². The number of aromatic nitrogens is 1. The maximum Gasteiger partial charge on any atom is 0.258 e. The van der Waals surface area contributed by atoms with Crippen LogP contribution in [0.15, 0.2) is 53.5 Å². The van der Waals surface area contributed by atoms with Crippen LogP contribution in [0.2, 0.25) is 0 Å². The molecule has 0 aliphatic heterocycles. The SMILES string of the molecule is CCNc1cccc(N)c1-c1cn(C)c(=O)c2ccccc12. The van der Waals surface area contributed by atoms with E-state index in [9.17, 15) is 4.79 Å². The summed E-state index contributed by atoms with van der Waals surface area (Å²) in [5.74, 6) is 0. The Morgan fingerprint density at radius 3 is 2.55 bits per heavy atom. The average molecular weight is 293 g/mol. The van der Waals surface area contributed by atoms with Crippen molar-refractivity contribution in [2.75, 3.05) is 17.6 Å². The first kappa shape index (κ1) is 14.2. The van der Waals surface area contributed by atoms with Gasteiger partial charge in [0.25, 0.3) is 5.56 Å². The van der Waals surface area contributed by atoms with Crippen molar-refractivity contribution < 1.29 is 0 Å². The summed E-state index contributed by atoms with van der Waals surface area (Å²) in [5, 5.41) is 4.97. The summed E-state index contributed by atoms with van der Waals surface area (Å²) in [4.78, 5) is 12.3. The van der Waals surface area contributed by atoms with Crippen LogP contribution in [0.1, 0.15) is 6.92 Å². The standard InChI is InChI=1S/C18H19N3O/c1-3-20-16-10-6-9-15(19)17(16)14-11-21(2)18(22)13-8-5-4-7-12(13)14/h4-11,20H,3,19H2,1-2H3. The van der Waals surface area contributed by atoms with E-state index in [4.69, 9.17) is 5.73 Å². The van der Waals surface area contributed by atoms with E-state index in [0.717, 1.165) is 28.7 Å². The normalized spacial score (nSPS) is 10.8. The van der Waals surface area contributed by atoms with Crippen LogP contribution < -0.4 is 16.6 Å². The van der Waals surface area contributed by atoms with E-state index in [1.807, 2.05) is 55.6 Å². The second-order valence-electron chi connectivity index (χ2n) is 5.30. The van der Waals surface area contributed by atoms with Gasteiger partial charge in [0.1, 0.15) is 0 Å². The van der Waals surface area contributed by atoms with E-state index in [1.54, 1.807) is 11.6 Å². The van der Waals surface area contributed by atoms with Gasteiger partial charge in [-0.2, -0.15) is 0 Å². The topological polar surface area (TPSA) is 60.0 Å². The number of benzene rings is 2. The fourth-order valence-corrected chi connectivity index (χ4v) is 2.82. The van der Waals surface area contributed by atoms with Gasteiger partial charge in [-0.25, -0.2) is 0 Å². The lowest BCUT2D eigenvalue weighted by Crippen LogP contribution is -2.16. The molecule has 112 valence electrons. The molecule has 0 amide bonds. The number of nitrogens with one attached hydrogen (secondary N) is 1. The Kier molecular flexibility index (Phi) is 3.59. The Hall–Kier alpha value is -2.75. The molecule has 3 rings (SSSR count). The molecule has 0 fully saturated rings. The van der Waals surface area contributed by atoms with Crippen molar-refractivity contribution >= 4 is 22.1 Å². The lowest BCUT2D eigenvalue weighted by Gasteiger charge is -2.16. The number of rotatable bonds is 3. The Labute approximate surface area is 129 Å². The van der Waals surface area contributed by atoms with Crippen molar-refractivity contribution in [1.82, 2.24) is 4.57 Å². The van der Waals surface area contributed by atoms with E-state index in [0.29, 0.717) is 11.1 Å². The van der Waals surface area contributed by atoms with Gasteiger partial charge in [0.15, 0.2) is 0 Å². The van der Waals surface area contributed by atoms with Crippen molar-refractivity contribution in [2.24, 2.45) is 7.05 Å². The molecule has 0 saturated heterocycles. The predicted octanol–water partition coefficient (Wildman–Crippen LogP) is 3.22. The van der Waals surface area contributed by atoms with Crippen LogP contribution in [-0.4, -0.2) is 11.1 Å². The molecule has 1 heterocycles. The van der Waals surface area contributed by atoms with Crippen LogP contribution >= 0.6 is 0 Å². The molecule has 0 spiro atoms. The van der Waals surface area contributed by atoms with Gasteiger partial charge in [0.2, 0.25) is 0 Å². The Bertz CT molecular complexity index is 896. The molecular formula is C18H19N3O. The first-order valence-corrected chi connectivity index (χ1v) is 7.34. The highest BCUT2D eigenvalue weighted by molar-refractivity contribution is 6.02. The maximum atomic E-state index is 12.3. The molecule has 1 aromatic heterocycles. The highest BCUT2D eigenvalue weighted by Gasteiger charge is 2.14. The van der Waals surface area contributed by atoms with Crippen LogP contribution in [0.3, 0.4) is 0 Å². The molecule has 3 aromatic rings. The van der Waals surface area contributed by atoms with Crippen LogP contribution in [0, 0.1) is 0 Å². The fraction of sp³-hybridized carbons (Fsp3) is 0.167. The molecule has 0 saturated carbocycles. The Balaban J connectivity index is 2.42. The van der Waals surface area contributed by atoms with E-state index in [2.05, 4.69) is 5.32 Å². The van der Waals surface area contributed by atoms with Crippen molar-refractivity contribution in [3.8, 4) is 11.1 Å². The van der Waals surface area contributed by atoms with Gasteiger partial charge < -0.3 is 15.6 Å². The minimum absolute atomic E-state index is 0.00106. The number of fused-ring (bicyclic) bond motifs is 1. The number of pyridine rings is 1. The number of nitrogen functional groups attached to an aromatic ring is 1. The molecule has 0 bridgehead atoms. The third-order valence-electron chi connectivity index (χ3n) is 3.82. The van der Waals surface area contributed by atoms with Crippen LogP contribution in [0.4, 0.5) is 11.4 Å². The molecule has 0 aliphatic rings. The highest BCUT2D eigenvalue weighted by Crippen LogP contribution is 2.36. The van der Waals surface area contributed by atoms with Gasteiger partial charge in [-0.05, 0) is 30.5 Å². The summed E-state index contributed by atoms with van der Waals surface area (Å²) in [5.41, 5.74) is 9.81. The van der Waals surface area contributed by atoms with Gasteiger partial charge in [-0.3, -0.25) is 4.79 Å². The zero-order valence-corrected chi connectivity index (χ0v) is 12.8. The van der Waals surface area contributed by atoms with Crippen LogP contribution in [-0.2, 0) is 7.05 Å². The van der Waals surface area contributed by atoms with Gasteiger partial charge in [-0.15, -0.1) is 0 Å². The van der Waals surface area contributed by atoms with Crippen molar-refractivity contribution in [3.63, 3.8) is 0 Å². The maximum absolute atomic E-state index is 12.3. The van der Waals surface area contributed by atoms with E-state index >= 15 is 0 Å². The number of nitrogens with two attached hydrogens (primary N) is 1. The number of hydrogen-bond donors (Lipinski definition) is 2. The summed E-state index contributed by atoms with van der Waals surface area (Å²) < 4.78 is 1.61. The summed E-state index contributed by atoms with van der Waals surface area (Å²) in [6.45, 7) is 2.85. The van der Waals surface area contributed by atoms with E-state index < -0.39 is 0 Å². The molecule has 0 atom stereocenters. The first-order chi connectivity index (χ1) is 10.6. The summed E-state index contributed by atoms with van der Waals surface area (Å²) in [7, 11) is 1.77. The van der Waals surface area contributed by atoms with Crippen molar-refractivity contribution in [1.29, 1.82) is 0 Å². The lowest BCUT2D eigenvalue weighted by molar-refractivity contribution is 0.875. The molecular weight excluding hydrogens is 274 g/mol. The molecule has 0 aliphatic carbocycles. The Morgan fingerprint density at radius 2 is 1.82 bits per heavy atom. The first-order valence-electron chi connectivity index (χ1n) is 7.34. The predicted molar refractivity (Wildman–Crippen MR) is 93.2 cm³/mol. The summed E-state index contributed by atoms with van der Waals surface area (Å²) in [6.07, 6.45) is 1.86. The Morgan fingerprint density at radius 1 is 1.09 bits per heavy atom. The molecule has 0 radical (unpaired) electrons. The largest absolute Gasteiger partial charge is 0.398 e. The fourth-order valence-electron chi connectivity index (χ4n) is 2.82. The smallest absolute Gasteiger partial charge is 0.258 e. The second kappa shape index (κ2) is 5.56. The minimum Gasteiger partial charge on any atom is -0.398 e. The molecule has 4 nitrogen and oxygen atoms in total. The molecule has 2 aromatic carbocycles. The number of aryl methyl sites for hydroxylation is 1. The zero-order chi connectivity index (χ0) is 15.7. The molecule has 22 heavy (non-hydrogen) atoms. The number of nitrogens with zero attached hydrogens (tertiary/aromatic N) is 1. The second-order valence-corrected chi connectivity index (χ2v) is 5.30. The molecule has 4 heteroatoms. The van der Waals surface area contributed by atoms with Crippen molar-refractivity contribution in [2.45, 2.75) is 6.92 Å². The molecule has 0 unspecified atom stereocenters. The van der Waals surface area contributed by atoms with Gasteiger partial charge in [0.05, 0.1) is 0 Å². The van der Waals surface area contributed by atoms with Gasteiger partial charge in [-0.1, -0.05) is 24.3 Å². The van der Waals surface area contributed by atoms with E-state index in [-0.39, 0.29) is 5.56 Å². The van der Waals surface area contributed by atoms with Crippen molar-refractivity contribution in [3.05, 3.63) is 59.0 Å². The minimum atomic E-state index is -0.00106. The monoisotopic (exact) mass is 293 g/mol. The summed E-state index contributed by atoms with van der Waals surface area (Å²) >= 11 is 0. The average Bonchev–Trinajstić information content (AvgIpc) is 2.52. The highest BCUT2D eigenvalue weighted by atomic mass is 16.1. The van der Waals surface area contributed by atoms with E-state index in [1.165, 1.54) is 0 Å². The molecule has 3 N–H and O–H groups in total. The number of hydrogen-bond acceptors (Lipinski definition) is 3. The van der Waals surface area contributed by atoms with Gasteiger partial charge >= 0.3 is 0 Å². The summed E-state index contributed by atoms with van der Waals surface area (Å²) in [6, 6.07) is 13.5. The number of anilines is 2. The quantitative estimate of drug-likeness (QED) is 0.729. The third kappa shape index (κ3) is 2.22.